The maximum Gasteiger partial charge on any atom is 0.417 e. The molecule has 1 fully saturated rings. The summed E-state index contributed by atoms with van der Waals surface area (Å²) in [5, 5.41) is 2.66. The molecule has 1 aromatic heterocycles. The van der Waals surface area contributed by atoms with E-state index in [1.165, 1.54) is 30.6 Å². The van der Waals surface area contributed by atoms with Crippen LogP contribution >= 0.6 is 0 Å². The number of hydrogen-bond acceptors (Lipinski definition) is 3. The normalized spacial score (nSPS) is 15.4. The highest BCUT2D eigenvalue weighted by atomic mass is 19.4. The Bertz CT molecular complexity index is 816. The highest BCUT2D eigenvalue weighted by molar-refractivity contribution is 5.96. The van der Waals surface area contributed by atoms with E-state index in [-0.39, 0.29) is 17.5 Å². The van der Waals surface area contributed by atoms with E-state index in [9.17, 15) is 22.8 Å². The SMILES string of the molecule is O=C(NC1CCN(C(=O)c2ccncc2)CC1)c1ccccc1C(F)(F)F. The molecule has 1 aliphatic rings. The van der Waals surface area contributed by atoms with Gasteiger partial charge in [0.05, 0.1) is 11.1 Å². The zero-order valence-electron chi connectivity index (χ0n) is 14.4. The summed E-state index contributed by atoms with van der Waals surface area (Å²) in [6, 6.07) is 7.70. The molecule has 1 aromatic carbocycles. The van der Waals surface area contributed by atoms with Crippen molar-refractivity contribution in [1.82, 2.24) is 15.2 Å². The van der Waals surface area contributed by atoms with Gasteiger partial charge in [-0.15, -0.1) is 0 Å². The summed E-state index contributed by atoms with van der Waals surface area (Å²) < 4.78 is 39.2. The van der Waals surface area contributed by atoms with Crippen LogP contribution in [-0.4, -0.2) is 40.8 Å². The summed E-state index contributed by atoms with van der Waals surface area (Å²) in [5.41, 5.74) is -0.806. The van der Waals surface area contributed by atoms with Crippen LogP contribution in [0.25, 0.3) is 0 Å². The molecule has 2 aromatic rings. The zero-order chi connectivity index (χ0) is 19.4. The first kappa shape index (κ1) is 18.9. The highest BCUT2D eigenvalue weighted by Crippen LogP contribution is 2.31. The quantitative estimate of drug-likeness (QED) is 0.894. The number of alkyl halides is 3. The average molecular weight is 377 g/mol. The topological polar surface area (TPSA) is 62.3 Å². The molecule has 0 atom stereocenters. The molecule has 0 aliphatic carbocycles. The lowest BCUT2D eigenvalue weighted by atomic mass is 10.0. The lowest BCUT2D eigenvalue weighted by molar-refractivity contribution is -0.137. The van der Waals surface area contributed by atoms with Crippen molar-refractivity contribution >= 4 is 11.8 Å². The van der Waals surface area contributed by atoms with Gasteiger partial charge in [0.1, 0.15) is 0 Å². The summed E-state index contributed by atoms with van der Waals surface area (Å²) in [4.78, 5) is 30.3. The molecule has 3 rings (SSSR count). The van der Waals surface area contributed by atoms with Gasteiger partial charge in [-0.1, -0.05) is 12.1 Å². The van der Waals surface area contributed by atoms with Crippen LogP contribution in [0.5, 0.6) is 0 Å². The molecule has 0 saturated carbocycles. The first-order valence-corrected chi connectivity index (χ1v) is 8.52. The van der Waals surface area contributed by atoms with E-state index in [2.05, 4.69) is 10.3 Å². The number of pyridine rings is 1. The van der Waals surface area contributed by atoms with E-state index in [0.717, 1.165) is 6.07 Å². The minimum absolute atomic E-state index is 0.121. The van der Waals surface area contributed by atoms with Crippen LogP contribution in [0.4, 0.5) is 13.2 Å². The fourth-order valence-corrected chi connectivity index (χ4v) is 3.10. The third-order valence-electron chi connectivity index (χ3n) is 4.52. The third kappa shape index (κ3) is 4.45. The minimum Gasteiger partial charge on any atom is -0.349 e. The Labute approximate surface area is 154 Å². The molecule has 0 bridgehead atoms. The van der Waals surface area contributed by atoms with Crippen molar-refractivity contribution in [2.75, 3.05) is 13.1 Å². The van der Waals surface area contributed by atoms with Crippen molar-refractivity contribution in [3.8, 4) is 0 Å². The average Bonchev–Trinajstić information content (AvgIpc) is 2.68. The van der Waals surface area contributed by atoms with Crippen LogP contribution in [0.1, 0.15) is 39.1 Å². The van der Waals surface area contributed by atoms with E-state index >= 15 is 0 Å². The second kappa shape index (κ2) is 7.77. The van der Waals surface area contributed by atoms with Crippen molar-refractivity contribution in [3.05, 3.63) is 65.5 Å². The van der Waals surface area contributed by atoms with Crippen molar-refractivity contribution in [3.63, 3.8) is 0 Å². The zero-order valence-corrected chi connectivity index (χ0v) is 14.4. The third-order valence-corrected chi connectivity index (χ3v) is 4.52. The van der Waals surface area contributed by atoms with Gasteiger partial charge in [0, 0.05) is 37.1 Å². The van der Waals surface area contributed by atoms with Crippen LogP contribution in [0.3, 0.4) is 0 Å². The second-order valence-corrected chi connectivity index (χ2v) is 6.32. The van der Waals surface area contributed by atoms with Crippen LogP contribution in [0.15, 0.2) is 48.8 Å². The summed E-state index contributed by atoms with van der Waals surface area (Å²) in [5.74, 6) is -0.869. The van der Waals surface area contributed by atoms with Crippen molar-refractivity contribution < 1.29 is 22.8 Å². The number of piperidine rings is 1. The summed E-state index contributed by atoms with van der Waals surface area (Å²) in [7, 11) is 0. The predicted octanol–water partition coefficient (Wildman–Crippen LogP) is 3.14. The standard InChI is InChI=1S/C19H18F3N3O2/c20-19(21,22)16-4-2-1-3-15(16)17(26)24-14-7-11-25(12-8-14)18(27)13-5-9-23-10-6-13/h1-6,9-10,14H,7-8,11-12H2,(H,24,26). The van der Waals surface area contributed by atoms with Crippen LogP contribution in [0, 0.1) is 0 Å². The lowest BCUT2D eigenvalue weighted by Gasteiger charge is -2.32. The Balaban J connectivity index is 1.60. The molecule has 0 radical (unpaired) electrons. The van der Waals surface area contributed by atoms with Gasteiger partial charge < -0.3 is 10.2 Å². The number of nitrogens with zero attached hydrogens (tertiary/aromatic N) is 2. The van der Waals surface area contributed by atoms with Crippen molar-refractivity contribution in [2.24, 2.45) is 0 Å². The Morgan fingerprint density at radius 3 is 2.30 bits per heavy atom. The monoisotopic (exact) mass is 377 g/mol. The number of amides is 2. The molecular formula is C19H18F3N3O2. The molecule has 0 unspecified atom stereocenters. The number of hydrogen-bond donors (Lipinski definition) is 1. The van der Waals surface area contributed by atoms with Crippen molar-refractivity contribution in [1.29, 1.82) is 0 Å². The van der Waals surface area contributed by atoms with Gasteiger partial charge in [-0.05, 0) is 37.1 Å². The predicted molar refractivity (Wildman–Crippen MR) is 92.1 cm³/mol. The number of aromatic nitrogens is 1. The van der Waals surface area contributed by atoms with Crippen molar-refractivity contribution in [2.45, 2.75) is 25.1 Å². The molecule has 1 saturated heterocycles. The van der Waals surface area contributed by atoms with Gasteiger partial charge in [0.2, 0.25) is 0 Å². The molecule has 2 amide bonds. The second-order valence-electron chi connectivity index (χ2n) is 6.32. The smallest absolute Gasteiger partial charge is 0.349 e. The van der Waals surface area contributed by atoms with Gasteiger partial charge in [0.25, 0.3) is 11.8 Å². The first-order valence-electron chi connectivity index (χ1n) is 8.52. The Morgan fingerprint density at radius 2 is 1.67 bits per heavy atom. The van der Waals surface area contributed by atoms with E-state index in [0.29, 0.717) is 31.5 Å². The van der Waals surface area contributed by atoms with Gasteiger partial charge in [0.15, 0.2) is 0 Å². The molecule has 2 heterocycles. The summed E-state index contributed by atoms with van der Waals surface area (Å²) in [6.07, 6.45) is -0.543. The molecule has 27 heavy (non-hydrogen) atoms. The number of benzene rings is 1. The lowest BCUT2D eigenvalue weighted by Crippen LogP contribution is -2.46. The molecule has 1 aliphatic heterocycles. The minimum atomic E-state index is -4.59. The Morgan fingerprint density at radius 1 is 1.04 bits per heavy atom. The maximum absolute atomic E-state index is 13.1. The number of likely N-dealkylation sites (tertiary alicyclic amines) is 1. The van der Waals surface area contributed by atoms with Gasteiger partial charge in [-0.3, -0.25) is 14.6 Å². The Kier molecular flexibility index (Phi) is 5.43. The maximum atomic E-state index is 13.1. The van der Waals surface area contributed by atoms with E-state index < -0.39 is 17.6 Å². The van der Waals surface area contributed by atoms with Crippen LogP contribution < -0.4 is 5.32 Å². The summed E-state index contributed by atoms with van der Waals surface area (Å²) >= 11 is 0. The molecule has 1 N–H and O–H groups in total. The number of halogens is 3. The largest absolute Gasteiger partial charge is 0.417 e. The number of carbonyl (C=O) groups excluding carboxylic acids is 2. The number of nitrogens with one attached hydrogen (secondary N) is 1. The number of carbonyl (C=O) groups is 2. The molecular weight excluding hydrogens is 359 g/mol. The number of rotatable bonds is 3. The molecule has 5 nitrogen and oxygen atoms in total. The van der Waals surface area contributed by atoms with Crippen LogP contribution in [-0.2, 0) is 6.18 Å². The Hall–Kier alpha value is -2.90. The van der Waals surface area contributed by atoms with Gasteiger partial charge >= 0.3 is 6.18 Å². The van der Waals surface area contributed by atoms with Crippen LogP contribution in [0.2, 0.25) is 0 Å². The summed E-state index contributed by atoms with van der Waals surface area (Å²) in [6.45, 7) is 0.847. The fourth-order valence-electron chi connectivity index (χ4n) is 3.10. The van der Waals surface area contributed by atoms with E-state index in [1.54, 1.807) is 17.0 Å². The van der Waals surface area contributed by atoms with Gasteiger partial charge in [-0.25, -0.2) is 0 Å². The fraction of sp³-hybridized carbons (Fsp3) is 0.316. The highest BCUT2D eigenvalue weighted by Gasteiger charge is 2.35. The van der Waals surface area contributed by atoms with Gasteiger partial charge in [-0.2, -0.15) is 13.2 Å². The molecule has 142 valence electrons. The van der Waals surface area contributed by atoms with E-state index in [1.807, 2.05) is 0 Å². The van der Waals surface area contributed by atoms with E-state index in [4.69, 9.17) is 0 Å². The molecule has 8 heteroatoms. The molecule has 0 spiro atoms. The first-order chi connectivity index (χ1) is 12.9.